The summed E-state index contributed by atoms with van der Waals surface area (Å²) in [5.41, 5.74) is -0.963. The topological polar surface area (TPSA) is 143 Å². The fraction of sp³-hybridized carbons (Fsp3) is 0.400. The van der Waals surface area contributed by atoms with E-state index in [1.165, 1.54) is 12.1 Å². The Labute approximate surface area is 148 Å². The second kappa shape index (κ2) is 8.34. The van der Waals surface area contributed by atoms with E-state index < -0.39 is 28.6 Å². The quantitative estimate of drug-likeness (QED) is 0.443. The molecule has 1 aromatic carbocycles. The van der Waals surface area contributed by atoms with Crippen molar-refractivity contribution in [3.8, 4) is 6.07 Å². The SMILES string of the molecule is CC(C)(C)OC(=O)N[C@@H](CSc1ccc(C#N)cc1[N+](=O)[O-])C(=O)O. The zero-order valence-corrected chi connectivity index (χ0v) is 14.6. The summed E-state index contributed by atoms with van der Waals surface area (Å²) < 4.78 is 5.00. The number of nitro groups is 1. The Kier molecular flexibility index (Phi) is 6.76. The van der Waals surface area contributed by atoms with Gasteiger partial charge in [-0.25, -0.2) is 9.59 Å². The van der Waals surface area contributed by atoms with E-state index in [1.54, 1.807) is 26.8 Å². The number of carboxylic acids is 1. The van der Waals surface area contributed by atoms with Gasteiger partial charge in [0.1, 0.15) is 11.6 Å². The summed E-state index contributed by atoms with van der Waals surface area (Å²) in [5.74, 6) is -1.45. The Bertz CT molecular complexity index is 723. The molecule has 0 aliphatic carbocycles. The van der Waals surface area contributed by atoms with Gasteiger partial charge in [-0.1, -0.05) is 0 Å². The number of amides is 1. The number of ether oxygens (including phenoxy) is 1. The molecule has 134 valence electrons. The molecule has 25 heavy (non-hydrogen) atoms. The minimum atomic E-state index is -1.30. The van der Waals surface area contributed by atoms with Gasteiger partial charge in [0.05, 0.1) is 21.5 Å². The Morgan fingerprint density at radius 1 is 1.48 bits per heavy atom. The van der Waals surface area contributed by atoms with Crippen LogP contribution in [0.5, 0.6) is 0 Å². The molecule has 1 rings (SSSR count). The van der Waals surface area contributed by atoms with Crippen molar-refractivity contribution >= 4 is 29.5 Å². The lowest BCUT2D eigenvalue weighted by Crippen LogP contribution is -2.44. The summed E-state index contributed by atoms with van der Waals surface area (Å²) in [6, 6.07) is 4.38. The smallest absolute Gasteiger partial charge is 0.408 e. The van der Waals surface area contributed by atoms with Crippen molar-refractivity contribution in [2.75, 3.05) is 5.75 Å². The molecule has 0 radical (unpaired) electrons. The van der Waals surface area contributed by atoms with Gasteiger partial charge >= 0.3 is 12.1 Å². The summed E-state index contributed by atoms with van der Waals surface area (Å²) in [6.45, 7) is 4.91. The van der Waals surface area contributed by atoms with Gasteiger partial charge < -0.3 is 15.2 Å². The second-order valence-corrected chi connectivity index (χ2v) is 6.96. The predicted molar refractivity (Wildman–Crippen MR) is 89.3 cm³/mol. The van der Waals surface area contributed by atoms with Gasteiger partial charge in [-0.05, 0) is 32.9 Å². The van der Waals surface area contributed by atoms with Gasteiger partial charge in [0, 0.05) is 11.8 Å². The second-order valence-electron chi connectivity index (χ2n) is 5.90. The van der Waals surface area contributed by atoms with Gasteiger partial charge in [0.25, 0.3) is 5.69 Å². The number of alkyl carbamates (subject to hydrolysis) is 1. The average molecular weight is 367 g/mol. The first-order chi connectivity index (χ1) is 11.5. The van der Waals surface area contributed by atoms with Crippen LogP contribution in [0.4, 0.5) is 10.5 Å². The van der Waals surface area contributed by atoms with E-state index >= 15 is 0 Å². The van der Waals surface area contributed by atoms with Crippen molar-refractivity contribution in [2.24, 2.45) is 0 Å². The molecule has 0 aromatic heterocycles. The van der Waals surface area contributed by atoms with Crippen LogP contribution < -0.4 is 5.32 Å². The number of carboxylic acid groups (broad SMARTS) is 1. The lowest BCUT2D eigenvalue weighted by Gasteiger charge is -2.21. The number of rotatable bonds is 6. The number of carbonyl (C=O) groups excluding carboxylic acids is 1. The molecule has 0 heterocycles. The Morgan fingerprint density at radius 3 is 2.60 bits per heavy atom. The highest BCUT2D eigenvalue weighted by molar-refractivity contribution is 7.99. The summed E-state index contributed by atoms with van der Waals surface area (Å²) >= 11 is 0.889. The third-order valence-corrected chi connectivity index (χ3v) is 3.84. The number of thioether (sulfide) groups is 1. The fourth-order valence-electron chi connectivity index (χ4n) is 1.65. The van der Waals surface area contributed by atoms with Crippen LogP contribution in [0, 0.1) is 21.4 Å². The molecule has 10 heteroatoms. The van der Waals surface area contributed by atoms with Crippen LogP contribution in [0.2, 0.25) is 0 Å². The molecule has 1 atom stereocenters. The lowest BCUT2D eigenvalue weighted by atomic mass is 10.2. The number of nitrogens with one attached hydrogen (secondary N) is 1. The molecule has 0 bridgehead atoms. The van der Waals surface area contributed by atoms with Gasteiger partial charge in [0.15, 0.2) is 0 Å². The molecule has 9 nitrogen and oxygen atoms in total. The maximum absolute atomic E-state index is 11.7. The van der Waals surface area contributed by atoms with Gasteiger partial charge in [-0.3, -0.25) is 10.1 Å². The third-order valence-electron chi connectivity index (χ3n) is 2.68. The summed E-state index contributed by atoms with van der Waals surface area (Å²) in [5, 5.41) is 31.3. The third kappa shape index (κ3) is 6.68. The first kappa shape index (κ1) is 20.2. The monoisotopic (exact) mass is 367 g/mol. The predicted octanol–water partition coefficient (Wildman–Crippen LogP) is 2.54. The molecule has 0 saturated heterocycles. The van der Waals surface area contributed by atoms with Crippen molar-refractivity contribution in [1.29, 1.82) is 5.26 Å². The molecule has 0 aliphatic rings. The van der Waals surface area contributed by atoms with Crippen LogP contribution in [-0.4, -0.2) is 39.5 Å². The van der Waals surface area contributed by atoms with Crippen LogP contribution in [0.3, 0.4) is 0 Å². The van der Waals surface area contributed by atoms with Crippen molar-refractivity contribution in [2.45, 2.75) is 37.3 Å². The van der Waals surface area contributed by atoms with Gasteiger partial charge in [-0.15, -0.1) is 11.8 Å². The maximum Gasteiger partial charge on any atom is 0.408 e. The number of nitro benzene ring substituents is 1. The van der Waals surface area contributed by atoms with Crippen LogP contribution in [0.15, 0.2) is 23.1 Å². The van der Waals surface area contributed by atoms with Crippen molar-refractivity contribution < 1.29 is 24.4 Å². The van der Waals surface area contributed by atoms with E-state index in [1.807, 2.05) is 0 Å². The van der Waals surface area contributed by atoms with E-state index in [0.29, 0.717) is 0 Å². The van der Waals surface area contributed by atoms with Crippen molar-refractivity contribution in [1.82, 2.24) is 5.32 Å². The van der Waals surface area contributed by atoms with Crippen LogP contribution in [0.25, 0.3) is 0 Å². The molecule has 0 fully saturated rings. The van der Waals surface area contributed by atoms with E-state index in [9.17, 15) is 24.8 Å². The largest absolute Gasteiger partial charge is 0.480 e. The number of hydrogen-bond acceptors (Lipinski definition) is 7. The van der Waals surface area contributed by atoms with Crippen LogP contribution >= 0.6 is 11.8 Å². The average Bonchev–Trinajstić information content (AvgIpc) is 2.49. The molecule has 2 N–H and O–H groups in total. The van der Waals surface area contributed by atoms with E-state index in [4.69, 9.17) is 10.00 Å². The van der Waals surface area contributed by atoms with Crippen molar-refractivity contribution in [3.63, 3.8) is 0 Å². The highest BCUT2D eigenvalue weighted by Gasteiger charge is 2.25. The molecule has 0 aliphatic heterocycles. The first-order valence-corrected chi connectivity index (χ1v) is 8.05. The number of carbonyl (C=O) groups is 2. The number of benzene rings is 1. The van der Waals surface area contributed by atoms with Gasteiger partial charge in [-0.2, -0.15) is 5.26 Å². The Morgan fingerprint density at radius 2 is 2.12 bits per heavy atom. The highest BCUT2D eigenvalue weighted by atomic mass is 32.2. The molecule has 1 amide bonds. The normalized spacial score (nSPS) is 11.9. The standard InChI is InChI=1S/C15H17N3O6S/c1-15(2,3)24-14(21)17-10(13(19)20)8-25-12-5-4-9(7-16)6-11(12)18(22)23/h4-6,10H,8H2,1-3H3,(H,17,21)(H,19,20)/t10-/m0/s1. The zero-order chi connectivity index (χ0) is 19.2. The Hall–Kier alpha value is -2.80. The van der Waals surface area contributed by atoms with Crippen molar-refractivity contribution in [3.05, 3.63) is 33.9 Å². The molecule has 1 aromatic rings. The molecule has 0 saturated carbocycles. The number of aliphatic carboxylic acids is 1. The summed E-state index contributed by atoms with van der Waals surface area (Å²) in [7, 11) is 0. The fourth-order valence-corrected chi connectivity index (χ4v) is 2.67. The van der Waals surface area contributed by atoms with E-state index in [0.717, 1.165) is 17.8 Å². The molecule has 0 spiro atoms. The zero-order valence-electron chi connectivity index (χ0n) is 13.8. The van der Waals surface area contributed by atoms with Gasteiger partial charge in [0.2, 0.25) is 0 Å². The van der Waals surface area contributed by atoms with Crippen LogP contribution in [0.1, 0.15) is 26.3 Å². The lowest BCUT2D eigenvalue weighted by molar-refractivity contribution is -0.387. The maximum atomic E-state index is 11.7. The minimum Gasteiger partial charge on any atom is -0.480 e. The Balaban J connectivity index is 2.85. The molecular formula is C15H17N3O6S. The van der Waals surface area contributed by atoms with Crippen LogP contribution in [-0.2, 0) is 9.53 Å². The summed E-state index contributed by atoms with van der Waals surface area (Å²) in [6.07, 6.45) is -0.894. The summed E-state index contributed by atoms with van der Waals surface area (Å²) in [4.78, 5) is 33.6. The minimum absolute atomic E-state index is 0.123. The van der Waals surface area contributed by atoms with E-state index in [2.05, 4.69) is 5.32 Å². The number of nitriles is 1. The number of nitrogens with zero attached hydrogens (tertiary/aromatic N) is 2. The first-order valence-electron chi connectivity index (χ1n) is 7.07. The van der Waals surface area contributed by atoms with E-state index in [-0.39, 0.29) is 21.9 Å². The highest BCUT2D eigenvalue weighted by Crippen LogP contribution is 2.30. The number of hydrogen-bond donors (Lipinski definition) is 2. The molecule has 0 unspecified atom stereocenters. The molecular weight excluding hydrogens is 350 g/mol.